The second-order valence-electron chi connectivity index (χ2n) is 8.56. The van der Waals surface area contributed by atoms with Crippen molar-refractivity contribution < 1.29 is 0 Å². The molecule has 0 spiro atoms. The van der Waals surface area contributed by atoms with Crippen LogP contribution in [0, 0.1) is 0 Å². The Labute approximate surface area is 169 Å². The summed E-state index contributed by atoms with van der Waals surface area (Å²) in [4.78, 5) is 2.76. The standard InChI is InChI=1S/C27H29N/c1-20-7-6-16-28(20)27-15-14-25-18-24(12-13-26(25)19-27)23-11-5-10-22(17-23)21-8-3-2-4-9-21/h2-5,8-13,17-18,20,27H,6-7,14-16,19H2,1H3. The summed E-state index contributed by atoms with van der Waals surface area (Å²) in [7, 11) is 0. The van der Waals surface area contributed by atoms with E-state index in [1.54, 1.807) is 11.1 Å². The second kappa shape index (κ2) is 7.56. The van der Waals surface area contributed by atoms with Gasteiger partial charge in [-0.05, 0) is 85.0 Å². The van der Waals surface area contributed by atoms with Gasteiger partial charge in [-0.2, -0.15) is 0 Å². The smallest absolute Gasteiger partial charge is 0.0142 e. The van der Waals surface area contributed by atoms with Crippen LogP contribution in [0.2, 0.25) is 0 Å². The summed E-state index contributed by atoms with van der Waals surface area (Å²) < 4.78 is 0. The SMILES string of the molecule is CC1CCCN1C1CCc2cc(-c3cccc(-c4ccccc4)c3)ccc2C1. The Morgan fingerprint density at radius 2 is 1.46 bits per heavy atom. The van der Waals surface area contributed by atoms with Crippen LogP contribution in [0.1, 0.15) is 37.3 Å². The van der Waals surface area contributed by atoms with E-state index in [-0.39, 0.29) is 0 Å². The van der Waals surface area contributed by atoms with Gasteiger partial charge in [0, 0.05) is 12.1 Å². The molecule has 1 saturated heterocycles. The molecule has 1 aliphatic heterocycles. The van der Waals surface area contributed by atoms with Crippen LogP contribution in [0.4, 0.5) is 0 Å². The molecule has 3 aromatic rings. The van der Waals surface area contributed by atoms with Gasteiger partial charge in [-0.1, -0.05) is 66.7 Å². The first kappa shape index (κ1) is 17.7. The number of nitrogens with zero attached hydrogens (tertiary/aromatic N) is 1. The molecular formula is C27H29N. The molecule has 1 heteroatoms. The fraction of sp³-hybridized carbons (Fsp3) is 0.333. The Morgan fingerprint density at radius 3 is 2.25 bits per heavy atom. The molecule has 5 rings (SSSR count). The summed E-state index contributed by atoms with van der Waals surface area (Å²) in [5.41, 5.74) is 8.37. The minimum Gasteiger partial charge on any atom is -0.297 e. The molecule has 0 amide bonds. The van der Waals surface area contributed by atoms with Crippen molar-refractivity contribution in [2.24, 2.45) is 0 Å². The van der Waals surface area contributed by atoms with E-state index in [4.69, 9.17) is 0 Å². The van der Waals surface area contributed by atoms with Crippen molar-refractivity contribution in [3.8, 4) is 22.3 Å². The molecular weight excluding hydrogens is 338 g/mol. The molecule has 2 unspecified atom stereocenters. The largest absolute Gasteiger partial charge is 0.297 e. The normalized spacial score (nSPS) is 22.2. The molecule has 0 saturated carbocycles. The molecule has 3 aromatic carbocycles. The average Bonchev–Trinajstić information content (AvgIpc) is 3.19. The summed E-state index contributed by atoms with van der Waals surface area (Å²) >= 11 is 0. The van der Waals surface area contributed by atoms with Gasteiger partial charge < -0.3 is 0 Å². The number of rotatable bonds is 3. The van der Waals surface area contributed by atoms with E-state index in [1.807, 2.05) is 0 Å². The van der Waals surface area contributed by atoms with Crippen molar-refractivity contribution in [3.63, 3.8) is 0 Å². The zero-order valence-electron chi connectivity index (χ0n) is 16.8. The Morgan fingerprint density at radius 1 is 0.714 bits per heavy atom. The first-order valence-corrected chi connectivity index (χ1v) is 10.8. The molecule has 1 fully saturated rings. The number of aryl methyl sites for hydroxylation is 1. The minimum atomic E-state index is 0.747. The van der Waals surface area contributed by atoms with Crippen molar-refractivity contribution in [2.45, 2.75) is 51.1 Å². The van der Waals surface area contributed by atoms with Crippen molar-refractivity contribution in [3.05, 3.63) is 83.9 Å². The van der Waals surface area contributed by atoms with Gasteiger partial charge >= 0.3 is 0 Å². The Kier molecular flexibility index (Phi) is 4.78. The average molecular weight is 368 g/mol. The van der Waals surface area contributed by atoms with Gasteiger partial charge in [-0.15, -0.1) is 0 Å². The molecule has 1 aliphatic carbocycles. The maximum absolute atomic E-state index is 2.76. The lowest BCUT2D eigenvalue weighted by atomic mass is 9.85. The molecule has 0 aromatic heterocycles. The third-order valence-corrected chi connectivity index (χ3v) is 6.79. The third-order valence-electron chi connectivity index (χ3n) is 6.79. The first-order valence-electron chi connectivity index (χ1n) is 10.8. The molecule has 28 heavy (non-hydrogen) atoms. The summed E-state index contributed by atoms with van der Waals surface area (Å²) in [6.45, 7) is 3.71. The lowest BCUT2D eigenvalue weighted by Crippen LogP contribution is -2.41. The quantitative estimate of drug-likeness (QED) is 0.520. The topological polar surface area (TPSA) is 3.24 Å². The van der Waals surface area contributed by atoms with Crippen LogP contribution in [-0.4, -0.2) is 23.5 Å². The summed E-state index contributed by atoms with van der Waals surface area (Å²) in [5, 5.41) is 0. The van der Waals surface area contributed by atoms with Gasteiger partial charge in [0.15, 0.2) is 0 Å². The Hall–Kier alpha value is -2.38. The maximum atomic E-state index is 2.76. The summed E-state index contributed by atoms with van der Waals surface area (Å²) in [6.07, 6.45) is 6.51. The molecule has 1 heterocycles. The van der Waals surface area contributed by atoms with Crippen LogP contribution in [0.25, 0.3) is 22.3 Å². The van der Waals surface area contributed by atoms with Crippen molar-refractivity contribution >= 4 is 0 Å². The predicted octanol–water partition coefficient (Wildman–Crippen LogP) is 6.36. The maximum Gasteiger partial charge on any atom is 0.0142 e. The van der Waals surface area contributed by atoms with E-state index < -0.39 is 0 Å². The van der Waals surface area contributed by atoms with E-state index >= 15 is 0 Å². The number of hydrogen-bond acceptors (Lipinski definition) is 1. The van der Waals surface area contributed by atoms with Crippen molar-refractivity contribution in [2.75, 3.05) is 6.54 Å². The number of hydrogen-bond donors (Lipinski definition) is 0. The highest BCUT2D eigenvalue weighted by atomic mass is 15.2. The van der Waals surface area contributed by atoms with Gasteiger partial charge in [0.1, 0.15) is 0 Å². The van der Waals surface area contributed by atoms with Crippen molar-refractivity contribution in [1.82, 2.24) is 4.90 Å². The molecule has 0 bridgehead atoms. The fourth-order valence-corrected chi connectivity index (χ4v) is 5.21. The minimum absolute atomic E-state index is 0.747. The van der Waals surface area contributed by atoms with Crippen LogP contribution in [-0.2, 0) is 12.8 Å². The highest BCUT2D eigenvalue weighted by molar-refractivity contribution is 5.73. The summed E-state index contributed by atoms with van der Waals surface area (Å²) in [5.74, 6) is 0. The zero-order valence-corrected chi connectivity index (χ0v) is 16.8. The molecule has 2 atom stereocenters. The van der Waals surface area contributed by atoms with Crippen LogP contribution < -0.4 is 0 Å². The van der Waals surface area contributed by atoms with E-state index in [1.165, 1.54) is 60.9 Å². The molecule has 0 radical (unpaired) electrons. The van der Waals surface area contributed by atoms with Crippen LogP contribution >= 0.6 is 0 Å². The number of fused-ring (bicyclic) bond motifs is 1. The van der Waals surface area contributed by atoms with Gasteiger partial charge in [0.25, 0.3) is 0 Å². The highest BCUT2D eigenvalue weighted by Gasteiger charge is 2.30. The molecule has 0 N–H and O–H groups in total. The van der Waals surface area contributed by atoms with Gasteiger partial charge in [-0.25, -0.2) is 0 Å². The third kappa shape index (κ3) is 3.40. The monoisotopic (exact) mass is 367 g/mol. The number of benzene rings is 3. The summed E-state index contributed by atoms with van der Waals surface area (Å²) in [6, 6.07) is 28.3. The first-order chi connectivity index (χ1) is 13.8. The highest BCUT2D eigenvalue weighted by Crippen LogP contribution is 2.33. The van der Waals surface area contributed by atoms with Crippen LogP contribution in [0.5, 0.6) is 0 Å². The lowest BCUT2D eigenvalue weighted by molar-refractivity contribution is 0.174. The predicted molar refractivity (Wildman–Crippen MR) is 119 cm³/mol. The van der Waals surface area contributed by atoms with Gasteiger partial charge in [0.2, 0.25) is 0 Å². The van der Waals surface area contributed by atoms with Crippen LogP contribution in [0.15, 0.2) is 72.8 Å². The molecule has 2 aliphatic rings. The Balaban J connectivity index is 1.40. The van der Waals surface area contributed by atoms with E-state index in [0.717, 1.165) is 12.1 Å². The van der Waals surface area contributed by atoms with Crippen molar-refractivity contribution in [1.29, 1.82) is 0 Å². The van der Waals surface area contributed by atoms with E-state index in [2.05, 4.69) is 84.6 Å². The van der Waals surface area contributed by atoms with Gasteiger partial charge in [0.05, 0.1) is 0 Å². The van der Waals surface area contributed by atoms with E-state index in [9.17, 15) is 0 Å². The molecule has 142 valence electrons. The Bertz CT molecular complexity index is 959. The fourth-order valence-electron chi connectivity index (χ4n) is 5.21. The lowest BCUT2D eigenvalue weighted by Gasteiger charge is -2.35. The van der Waals surface area contributed by atoms with E-state index in [0.29, 0.717) is 0 Å². The zero-order chi connectivity index (χ0) is 18.9. The van der Waals surface area contributed by atoms with Gasteiger partial charge in [-0.3, -0.25) is 4.90 Å². The van der Waals surface area contributed by atoms with Crippen LogP contribution in [0.3, 0.4) is 0 Å². The second-order valence-corrected chi connectivity index (χ2v) is 8.56. The molecule has 1 nitrogen and oxygen atoms in total. The number of likely N-dealkylation sites (tertiary alicyclic amines) is 1.